The molecular weight excluding hydrogens is 216 g/mol. The highest BCUT2D eigenvalue weighted by Crippen LogP contribution is 2.14. The summed E-state index contributed by atoms with van der Waals surface area (Å²) in [5.74, 6) is 1.25. The maximum absolute atomic E-state index is 3.39. The molecule has 0 aromatic heterocycles. The monoisotopic (exact) mass is 246 g/mol. The van der Waals surface area contributed by atoms with Gasteiger partial charge in [0.2, 0.25) is 0 Å². The second kappa shape index (κ2) is 10.4. The molecule has 0 saturated heterocycles. The van der Waals surface area contributed by atoms with Crippen molar-refractivity contribution >= 4 is 11.8 Å². The summed E-state index contributed by atoms with van der Waals surface area (Å²) in [4.78, 5) is 2.56. The van der Waals surface area contributed by atoms with E-state index in [4.69, 9.17) is 0 Å². The van der Waals surface area contributed by atoms with E-state index in [2.05, 4.69) is 44.3 Å². The summed E-state index contributed by atoms with van der Waals surface area (Å²) in [5.41, 5.74) is 0. The summed E-state index contributed by atoms with van der Waals surface area (Å²) < 4.78 is 0. The first-order valence-corrected chi connectivity index (χ1v) is 7.98. The van der Waals surface area contributed by atoms with Crippen molar-refractivity contribution in [2.45, 2.75) is 52.1 Å². The summed E-state index contributed by atoms with van der Waals surface area (Å²) in [6.45, 7) is 9.07. The van der Waals surface area contributed by atoms with Gasteiger partial charge in [-0.1, -0.05) is 13.8 Å². The van der Waals surface area contributed by atoms with E-state index in [0.717, 1.165) is 19.1 Å². The van der Waals surface area contributed by atoms with Crippen LogP contribution in [-0.2, 0) is 0 Å². The van der Waals surface area contributed by atoms with Crippen LogP contribution in [0.4, 0.5) is 0 Å². The molecule has 0 saturated carbocycles. The Morgan fingerprint density at radius 1 is 1.31 bits per heavy atom. The molecule has 2 atom stereocenters. The zero-order valence-electron chi connectivity index (χ0n) is 11.8. The molecule has 0 amide bonds. The van der Waals surface area contributed by atoms with E-state index in [9.17, 15) is 0 Å². The van der Waals surface area contributed by atoms with Gasteiger partial charge in [0, 0.05) is 17.8 Å². The van der Waals surface area contributed by atoms with Crippen molar-refractivity contribution in [3.8, 4) is 0 Å². The lowest BCUT2D eigenvalue weighted by atomic mass is 10.1. The van der Waals surface area contributed by atoms with Crippen LogP contribution in [-0.4, -0.2) is 49.1 Å². The van der Waals surface area contributed by atoms with Gasteiger partial charge in [0.1, 0.15) is 0 Å². The van der Waals surface area contributed by atoms with Crippen LogP contribution in [0.3, 0.4) is 0 Å². The smallest absolute Gasteiger partial charge is 0.0183 e. The van der Waals surface area contributed by atoms with Gasteiger partial charge in [0.25, 0.3) is 0 Å². The van der Waals surface area contributed by atoms with Crippen molar-refractivity contribution in [2.24, 2.45) is 0 Å². The van der Waals surface area contributed by atoms with Gasteiger partial charge < -0.3 is 5.32 Å². The molecular formula is C13H30N2S. The van der Waals surface area contributed by atoms with Gasteiger partial charge >= 0.3 is 0 Å². The van der Waals surface area contributed by atoms with Gasteiger partial charge in [-0.15, -0.1) is 0 Å². The Balaban J connectivity index is 3.81. The number of rotatable bonds is 10. The normalized spacial score (nSPS) is 15.4. The van der Waals surface area contributed by atoms with Crippen molar-refractivity contribution < 1.29 is 0 Å². The lowest BCUT2D eigenvalue weighted by Gasteiger charge is -2.32. The van der Waals surface area contributed by atoms with E-state index >= 15 is 0 Å². The number of thioether (sulfide) groups is 1. The maximum Gasteiger partial charge on any atom is 0.0183 e. The molecule has 0 rings (SSSR count). The fraction of sp³-hybridized carbons (Fsp3) is 1.00. The number of hydrogen-bond acceptors (Lipinski definition) is 3. The Morgan fingerprint density at radius 3 is 2.50 bits per heavy atom. The summed E-state index contributed by atoms with van der Waals surface area (Å²) >= 11 is 1.96. The molecule has 0 fully saturated rings. The Bertz CT molecular complexity index is 153. The minimum atomic E-state index is 0.704. The molecule has 2 unspecified atom stereocenters. The largest absolute Gasteiger partial charge is 0.317 e. The highest BCUT2D eigenvalue weighted by molar-refractivity contribution is 7.98. The quantitative estimate of drug-likeness (QED) is 0.597. The van der Waals surface area contributed by atoms with E-state index in [0.29, 0.717) is 6.04 Å². The standard InChI is InChI=1S/C13H30N2S/c1-6-13(11-16-5)15(4)12(3)9-8-10-14-7-2/h12-14H,6-11H2,1-5H3. The Morgan fingerprint density at radius 2 is 2.00 bits per heavy atom. The zero-order chi connectivity index (χ0) is 12.4. The fourth-order valence-corrected chi connectivity index (χ4v) is 2.83. The van der Waals surface area contributed by atoms with Crippen molar-refractivity contribution in [1.29, 1.82) is 0 Å². The fourth-order valence-electron chi connectivity index (χ4n) is 1.98. The van der Waals surface area contributed by atoms with Crippen molar-refractivity contribution in [1.82, 2.24) is 10.2 Å². The Labute approximate surface area is 107 Å². The minimum absolute atomic E-state index is 0.704. The molecule has 1 N–H and O–H groups in total. The molecule has 0 aromatic carbocycles. The second-order valence-corrected chi connectivity index (χ2v) is 5.44. The molecule has 16 heavy (non-hydrogen) atoms. The van der Waals surface area contributed by atoms with E-state index < -0.39 is 0 Å². The molecule has 0 aliphatic heterocycles. The highest BCUT2D eigenvalue weighted by Gasteiger charge is 2.17. The summed E-state index contributed by atoms with van der Waals surface area (Å²) in [6.07, 6.45) is 6.05. The summed E-state index contributed by atoms with van der Waals surface area (Å²) in [7, 11) is 2.28. The SMILES string of the molecule is CCNCCCC(C)N(C)C(CC)CSC. The number of hydrogen-bond donors (Lipinski definition) is 1. The predicted molar refractivity (Wildman–Crippen MR) is 77.5 cm³/mol. The van der Waals surface area contributed by atoms with Gasteiger partial charge in [0.05, 0.1) is 0 Å². The first kappa shape index (κ1) is 16.3. The summed E-state index contributed by atoms with van der Waals surface area (Å²) in [6, 6.07) is 1.44. The average Bonchev–Trinajstić information content (AvgIpc) is 2.30. The first-order valence-electron chi connectivity index (χ1n) is 6.58. The van der Waals surface area contributed by atoms with Gasteiger partial charge in [-0.2, -0.15) is 11.8 Å². The molecule has 98 valence electrons. The molecule has 0 spiro atoms. The van der Waals surface area contributed by atoms with E-state index in [1.807, 2.05) is 11.8 Å². The summed E-state index contributed by atoms with van der Waals surface area (Å²) in [5, 5.41) is 3.39. The number of nitrogens with zero attached hydrogens (tertiary/aromatic N) is 1. The number of nitrogens with one attached hydrogen (secondary N) is 1. The topological polar surface area (TPSA) is 15.3 Å². The van der Waals surface area contributed by atoms with Crippen LogP contribution < -0.4 is 5.32 Å². The maximum atomic E-state index is 3.39. The lowest BCUT2D eigenvalue weighted by Crippen LogP contribution is -2.40. The molecule has 0 aliphatic rings. The average molecular weight is 246 g/mol. The molecule has 0 radical (unpaired) electrons. The third-order valence-corrected chi connectivity index (χ3v) is 4.05. The molecule has 3 heteroatoms. The van der Waals surface area contributed by atoms with Gasteiger partial charge in [-0.05, 0) is 52.6 Å². The highest BCUT2D eigenvalue weighted by atomic mass is 32.2. The van der Waals surface area contributed by atoms with Crippen LogP contribution >= 0.6 is 11.8 Å². The van der Waals surface area contributed by atoms with Crippen LogP contribution in [0.1, 0.15) is 40.0 Å². The minimum Gasteiger partial charge on any atom is -0.317 e. The van der Waals surface area contributed by atoms with Gasteiger partial charge in [-0.3, -0.25) is 4.90 Å². The van der Waals surface area contributed by atoms with E-state index in [1.165, 1.54) is 25.0 Å². The van der Waals surface area contributed by atoms with Crippen LogP contribution in [0.15, 0.2) is 0 Å². The molecule has 0 heterocycles. The predicted octanol–water partition coefficient (Wildman–Crippen LogP) is 2.84. The molecule has 0 aliphatic carbocycles. The van der Waals surface area contributed by atoms with Gasteiger partial charge in [-0.25, -0.2) is 0 Å². The van der Waals surface area contributed by atoms with E-state index in [1.54, 1.807) is 0 Å². The van der Waals surface area contributed by atoms with Crippen LogP contribution in [0, 0.1) is 0 Å². The van der Waals surface area contributed by atoms with Crippen molar-refractivity contribution in [3.05, 3.63) is 0 Å². The zero-order valence-corrected chi connectivity index (χ0v) is 12.6. The van der Waals surface area contributed by atoms with E-state index in [-0.39, 0.29) is 0 Å². The molecule has 0 aromatic rings. The van der Waals surface area contributed by atoms with Crippen molar-refractivity contribution in [2.75, 3.05) is 32.1 Å². The Kier molecular flexibility index (Phi) is 10.6. The lowest BCUT2D eigenvalue weighted by molar-refractivity contribution is 0.184. The first-order chi connectivity index (χ1) is 7.67. The Hall–Kier alpha value is 0.270. The van der Waals surface area contributed by atoms with Crippen molar-refractivity contribution in [3.63, 3.8) is 0 Å². The second-order valence-electron chi connectivity index (χ2n) is 4.53. The van der Waals surface area contributed by atoms with Crippen LogP contribution in [0.25, 0.3) is 0 Å². The molecule has 2 nitrogen and oxygen atoms in total. The third-order valence-electron chi connectivity index (χ3n) is 3.33. The van der Waals surface area contributed by atoms with Crippen LogP contribution in [0.2, 0.25) is 0 Å². The third kappa shape index (κ3) is 6.77. The molecule has 0 bridgehead atoms. The van der Waals surface area contributed by atoms with Gasteiger partial charge in [0.15, 0.2) is 0 Å². The van der Waals surface area contributed by atoms with Crippen LogP contribution in [0.5, 0.6) is 0 Å².